The van der Waals surface area contributed by atoms with E-state index in [0.29, 0.717) is 0 Å². The predicted molar refractivity (Wildman–Crippen MR) is 65.2 cm³/mol. The van der Waals surface area contributed by atoms with Gasteiger partial charge >= 0.3 is 5.97 Å². The molecule has 2 aromatic rings. The maximum absolute atomic E-state index is 13.9. The molecule has 0 aliphatic rings. The average molecular weight is 267 g/mol. The number of carbonyl (C=O) groups excluding carboxylic acids is 1. The second kappa shape index (κ2) is 4.79. The summed E-state index contributed by atoms with van der Waals surface area (Å²) in [5.41, 5.74) is -1.50. The monoisotopic (exact) mass is 267 g/mol. The number of fused-ring (bicyclic) bond motifs is 1. The van der Waals surface area contributed by atoms with Crippen molar-refractivity contribution in [1.82, 2.24) is 4.98 Å². The molecule has 4 nitrogen and oxygen atoms in total. The number of aromatic amines is 1. The van der Waals surface area contributed by atoms with E-state index in [0.717, 1.165) is 12.3 Å². The zero-order valence-corrected chi connectivity index (χ0v) is 10.3. The Bertz CT molecular complexity index is 722. The standard InChI is InChI=1S/C13H11F2NO3/c1-3-19-13(18)7-5-16-11-8(14)4-6(2)10(15)9(11)12(7)17/h4-5H,3H2,1-2H3,(H,16,17). The van der Waals surface area contributed by atoms with Crippen LogP contribution in [0.5, 0.6) is 0 Å². The molecule has 0 saturated carbocycles. The van der Waals surface area contributed by atoms with Crippen molar-refractivity contribution in [2.24, 2.45) is 0 Å². The molecule has 1 heterocycles. The summed E-state index contributed by atoms with van der Waals surface area (Å²) in [5.74, 6) is -2.46. The number of H-pyrrole nitrogens is 1. The van der Waals surface area contributed by atoms with Crippen LogP contribution < -0.4 is 5.43 Å². The summed E-state index contributed by atoms with van der Waals surface area (Å²) in [6.45, 7) is 3.01. The van der Waals surface area contributed by atoms with Gasteiger partial charge in [0, 0.05) is 6.20 Å². The van der Waals surface area contributed by atoms with E-state index in [1.807, 2.05) is 0 Å². The molecule has 2 rings (SSSR count). The number of pyridine rings is 1. The molecule has 0 saturated heterocycles. The minimum absolute atomic E-state index is 0.00323. The van der Waals surface area contributed by atoms with Gasteiger partial charge in [0.2, 0.25) is 5.43 Å². The first-order valence-electron chi connectivity index (χ1n) is 5.64. The summed E-state index contributed by atoms with van der Waals surface area (Å²) >= 11 is 0. The maximum atomic E-state index is 13.9. The molecule has 0 unspecified atom stereocenters. The third-order valence-corrected chi connectivity index (χ3v) is 2.73. The van der Waals surface area contributed by atoms with Gasteiger partial charge in [-0.05, 0) is 25.5 Å². The summed E-state index contributed by atoms with van der Waals surface area (Å²) in [4.78, 5) is 26.0. The van der Waals surface area contributed by atoms with Crippen LogP contribution in [0, 0.1) is 18.6 Å². The molecule has 1 aromatic heterocycles. The van der Waals surface area contributed by atoms with Crippen LogP contribution in [0.1, 0.15) is 22.8 Å². The third-order valence-electron chi connectivity index (χ3n) is 2.73. The van der Waals surface area contributed by atoms with E-state index in [2.05, 4.69) is 9.72 Å². The fourth-order valence-corrected chi connectivity index (χ4v) is 1.81. The highest BCUT2D eigenvalue weighted by atomic mass is 19.1. The molecule has 0 spiro atoms. The number of nitrogens with one attached hydrogen (secondary N) is 1. The van der Waals surface area contributed by atoms with Gasteiger partial charge < -0.3 is 9.72 Å². The first-order chi connectivity index (χ1) is 8.97. The quantitative estimate of drug-likeness (QED) is 0.849. The second-order valence-electron chi connectivity index (χ2n) is 3.99. The van der Waals surface area contributed by atoms with Crippen LogP contribution in [0.2, 0.25) is 0 Å². The predicted octanol–water partition coefficient (Wildman–Crippen LogP) is 2.29. The van der Waals surface area contributed by atoms with E-state index in [1.165, 1.54) is 6.92 Å². The highest BCUT2D eigenvalue weighted by Crippen LogP contribution is 2.20. The topological polar surface area (TPSA) is 59.2 Å². The van der Waals surface area contributed by atoms with Crippen LogP contribution in [0.25, 0.3) is 10.9 Å². The molecular formula is C13H11F2NO3. The number of aromatic nitrogens is 1. The van der Waals surface area contributed by atoms with Gasteiger partial charge in [-0.1, -0.05) is 0 Å². The van der Waals surface area contributed by atoms with Gasteiger partial charge in [0.15, 0.2) is 0 Å². The zero-order valence-electron chi connectivity index (χ0n) is 10.3. The highest BCUT2D eigenvalue weighted by molar-refractivity contribution is 5.93. The normalized spacial score (nSPS) is 10.7. The van der Waals surface area contributed by atoms with E-state index in [-0.39, 0.29) is 23.3 Å². The van der Waals surface area contributed by atoms with Crippen LogP contribution in [0.4, 0.5) is 8.78 Å². The first kappa shape index (κ1) is 13.2. The van der Waals surface area contributed by atoms with E-state index >= 15 is 0 Å². The van der Waals surface area contributed by atoms with Gasteiger partial charge in [0.25, 0.3) is 0 Å². The van der Waals surface area contributed by atoms with E-state index in [4.69, 9.17) is 0 Å². The summed E-state index contributed by atoms with van der Waals surface area (Å²) in [6, 6.07) is 0.984. The lowest BCUT2D eigenvalue weighted by molar-refractivity contribution is 0.0524. The van der Waals surface area contributed by atoms with Crippen molar-refractivity contribution in [3.63, 3.8) is 0 Å². The number of ether oxygens (including phenoxy) is 1. The minimum atomic E-state index is -0.882. The Hall–Kier alpha value is -2.24. The average Bonchev–Trinajstić information content (AvgIpc) is 2.36. The Morgan fingerprint density at radius 3 is 2.74 bits per heavy atom. The number of esters is 1. The fourth-order valence-electron chi connectivity index (χ4n) is 1.81. The highest BCUT2D eigenvalue weighted by Gasteiger charge is 2.19. The van der Waals surface area contributed by atoms with Crippen LogP contribution in [0.3, 0.4) is 0 Å². The first-order valence-corrected chi connectivity index (χ1v) is 5.64. The van der Waals surface area contributed by atoms with Crippen LogP contribution in [0.15, 0.2) is 17.1 Å². The third kappa shape index (κ3) is 2.09. The summed E-state index contributed by atoms with van der Waals surface area (Å²) in [5, 5.41) is -0.469. The molecular weight excluding hydrogens is 256 g/mol. The van der Waals surface area contributed by atoms with Crippen molar-refractivity contribution in [3.8, 4) is 0 Å². The minimum Gasteiger partial charge on any atom is -0.462 e. The van der Waals surface area contributed by atoms with Gasteiger partial charge in [-0.15, -0.1) is 0 Å². The molecule has 19 heavy (non-hydrogen) atoms. The van der Waals surface area contributed by atoms with E-state index in [1.54, 1.807) is 6.92 Å². The van der Waals surface area contributed by atoms with Gasteiger partial charge in [0.05, 0.1) is 17.5 Å². The van der Waals surface area contributed by atoms with Crippen LogP contribution in [-0.4, -0.2) is 17.6 Å². The van der Waals surface area contributed by atoms with Gasteiger partial charge in [-0.3, -0.25) is 4.79 Å². The Morgan fingerprint density at radius 2 is 2.11 bits per heavy atom. The van der Waals surface area contributed by atoms with Crippen molar-refractivity contribution in [3.05, 3.63) is 45.2 Å². The van der Waals surface area contributed by atoms with Gasteiger partial charge in [-0.2, -0.15) is 0 Å². The number of hydrogen-bond donors (Lipinski definition) is 1. The molecule has 0 aliphatic heterocycles. The maximum Gasteiger partial charge on any atom is 0.343 e. The van der Waals surface area contributed by atoms with Gasteiger partial charge in [-0.25, -0.2) is 13.6 Å². The Labute approximate surface area is 107 Å². The lowest BCUT2D eigenvalue weighted by Gasteiger charge is -2.06. The zero-order chi connectivity index (χ0) is 14.2. The van der Waals surface area contributed by atoms with Crippen molar-refractivity contribution in [2.75, 3.05) is 6.61 Å². The molecule has 1 aromatic carbocycles. The van der Waals surface area contributed by atoms with Crippen molar-refractivity contribution >= 4 is 16.9 Å². The lowest BCUT2D eigenvalue weighted by Crippen LogP contribution is -2.19. The van der Waals surface area contributed by atoms with Crippen molar-refractivity contribution in [2.45, 2.75) is 13.8 Å². The summed E-state index contributed by atoms with van der Waals surface area (Å²) < 4.78 is 32.2. The molecule has 1 N–H and O–H groups in total. The molecule has 0 radical (unpaired) electrons. The van der Waals surface area contributed by atoms with E-state index < -0.39 is 28.4 Å². The van der Waals surface area contributed by atoms with Gasteiger partial charge in [0.1, 0.15) is 17.2 Å². The summed E-state index contributed by atoms with van der Waals surface area (Å²) in [7, 11) is 0. The number of hydrogen-bond acceptors (Lipinski definition) is 3. The van der Waals surface area contributed by atoms with E-state index in [9.17, 15) is 18.4 Å². The number of halogens is 2. The van der Waals surface area contributed by atoms with Crippen LogP contribution in [-0.2, 0) is 4.74 Å². The molecule has 0 bridgehead atoms. The summed E-state index contributed by atoms with van der Waals surface area (Å²) in [6.07, 6.45) is 1.03. The van der Waals surface area contributed by atoms with Crippen LogP contribution >= 0.6 is 0 Å². The SMILES string of the molecule is CCOC(=O)c1c[nH]c2c(F)cc(C)c(F)c2c1=O. The number of rotatable bonds is 2. The lowest BCUT2D eigenvalue weighted by atomic mass is 10.1. The number of benzene rings is 1. The van der Waals surface area contributed by atoms with Crippen molar-refractivity contribution < 1.29 is 18.3 Å². The number of aryl methyl sites for hydroxylation is 1. The molecule has 0 fully saturated rings. The number of carbonyl (C=O) groups is 1. The molecule has 0 atom stereocenters. The van der Waals surface area contributed by atoms with Crippen molar-refractivity contribution in [1.29, 1.82) is 0 Å². The Balaban J connectivity index is 2.82. The second-order valence-corrected chi connectivity index (χ2v) is 3.99. The molecule has 0 aliphatic carbocycles. The molecule has 100 valence electrons. The Morgan fingerprint density at radius 1 is 1.42 bits per heavy atom. The largest absolute Gasteiger partial charge is 0.462 e. The Kier molecular flexibility index (Phi) is 3.33. The molecule has 0 amide bonds. The smallest absolute Gasteiger partial charge is 0.343 e. The molecule has 6 heteroatoms. The fraction of sp³-hybridized carbons (Fsp3) is 0.231.